The SMILES string of the molecule is CC(C)/C(=C(/c1ccc(/C=C/C(=O)O)cc1)c1ccc(N)c(C=N)c1)c1ccc(F)cc1Cl. The first kappa shape index (κ1) is 24.0. The van der Waals surface area contributed by atoms with Crippen LogP contribution in [0.4, 0.5) is 10.1 Å². The number of nitrogens with one attached hydrogen (secondary N) is 1. The highest BCUT2D eigenvalue weighted by molar-refractivity contribution is 6.32. The van der Waals surface area contributed by atoms with Crippen molar-refractivity contribution in [2.45, 2.75) is 13.8 Å². The Balaban J connectivity index is 2.32. The summed E-state index contributed by atoms with van der Waals surface area (Å²) in [4.78, 5) is 10.8. The first-order valence-corrected chi connectivity index (χ1v) is 10.7. The van der Waals surface area contributed by atoms with Gasteiger partial charge in [-0.15, -0.1) is 0 Å². The van der Waals surface area contributed by atoms with Crippen LogP contribution in [0.5, 0.6) is 0 Å². The molecule has 0 bridgehead atoms. The molecule has 0 aromatic heterocycles. The number of halogens is 2. The van der Waals surface area contributed by atoms with Crippen molar-refractivity contribution >= 4 is 46.7 Å². The zero-order valence-electron chi connectivity index (χ0n) is 18.3. The topological polar surface area (TPSA) is 87.2 Å². The Morgan fingerprint density at radius 3 is 2.30 bits per heavy atom. The molecule has 6 heteroatoms. The lowest BCUT2D eigenvalue weighted by Gasteiger charge is -2.22. The van der Waals surface area contributed by atoms with Gasteiger partial charge in [-0.3, -0.25) is 0 Å². The molecule has 0 aliphatic rings. The second-order valence-electron chi connectivity index (χ2n) is 7.85. The van der Waals surface area contributed by atoms with Crippen LogP contribution in [-0.4, -0.2) is 17.3 Å². The predicted octanol–water partition coefficient (Wildman–Crippen LogP) is 6.77. The van der Waals surface area contributed by atoms with Crippen LogP contribution in [0.3, 0.4) is 0 Å². The summed E-state index contributed by atoms with van der Waals surface area (Å²) in [5, 5.41) is 16.9. The van der Waals surface area contributed by atoms with Gasteiger partial charge in [-0.2, -0.15) is 0 Å². The Morgan fingerprint density at radius 1 is 1.06 bits per heavy atom. The van der Waals surface area contributed by atoms with Crippen LogP contribution >= 0.6 is 11.6 Å². The second kappa shape index (κ2) is 10.3. The first-order chi connectivity index (χ1) is 15.7. The van der Waals surface area contributed by atoms with Crippen molar-refractivity contribution in [3.8, 4) is 0 Å². The molecule has 0 aliphatic carbocycles. The third-order valence-corrected chi connectivity index (χ3v) is 5.53. The quantitative estimate of drug-likeness (QED) is 0.157. The number of anilines is 1. The lowest BCUT2D eigenvalue weighted by atomic mass is 9.83. The number of nitrogens with two attached hydrogens (primary N) is 1. The minimum absolute atomic E-state index is 0.0236. The van der Waals surface area contributed by atoms with Crippen LogP contribution in [-0.2, 0) is 4.79 Å². The zero-order chi connectivity index (χ0) is 24.1. The number of hydrogen-bond donors (Lipinski definition) is 3. The lowest BCUT2D eigenvalue weighted by molar-refractivity contribution is -0.131. The monoisotopic (exact) mass is 462 g/mol. The molecule has 3 rings (SSSR count). The lowest BCUT2D eigenvalue weighted by Crippen LogP contribution is -2.03. The zero-order valence-corrected chi connectivity index (χ0v) is 19.0. The summed E-state index contributed by atoms with van der Waals surface area (Å²) >= 11 is 6.47. The van der Waals surface area contributed by atoms with Crippen molar-refractivity contribution in [2.24, 2.45) is 5.92 Å². The molecule has 3 aromatic rings. The summed E-state index contributed by atoms with van der Waals surface area (Å²) in [6.45, 7) is 4.07. The number of benzene rings is 3. The summed E-state index contributed by atoms with van der Waals surface area (Å²) in [5.41, 5.74) is 12.0. The molecule has 4 nitrogen and oxygen atoms in total. The summed E-state index contributed by atoms with van der Waals surface area (Å²) in [6.07, 6.45) is 3.81. The molecule has 0 aliphatic heterocycles. The Morgan fingerprint density at radius 2 is 1.73 bits per heavy atom. The molecule has 0 heterocycles. The van der Waals surface area contributed by atoms with E-state index < -0.39 is 11.8 Å². The van der Waals surface area contributed by atoms with E-state index in [1.165, 1.54) is 24.4 Å². The number of nitrogen functional groups attached to an aromatic ring is 1. The van der Waals surface area contributed by atoms with E-state index in [2.05, 4.69) is 0 Å². The smallest absolute Gasteiger partial charge is 0.328 e. The van der Waals surface area contributed by atoms with Gasteiger partial charge in [-0.25, -0.2) is 9.18 Å². The minimum atomic E-state index is -1.02. The summed E-state index contributed by atoms with van der Waals surface area (Å²) in [7, 11) is 0. The van der Waals surface area contributed by atoms with Gasteiger partial charge in [0.2, 0.25) is 0 Å². The van der Waals surface area contributed by atoms with E-state index in [0.717, 1.165) is 33.9 Å². The van der Waals surface area contributed by atoms with E-state index in [4.69, 9.17) is 27.9 Å². The number of aliphatic carboxylic acids is 1. The second-order valence-corrected chi connectivity index (χ2v) is 8.26. The fourth-order valence-electron chi connectivity index (χ4n) is 3.70. The van der Waals surface area contributed by atoms with Gasteiger partial charge in [-0.05, 0) is 69.7 Å². The first-order valence-electron chi connectivity index (χ1n) is 10.3. The third-order valence-electron chi connectivity index (χ3n) is 5.22. The number of allylic oxidation sites excluding steroid dienone is 1. The molecular weight excluding hydrogens is 439 g/mol. The van der Waals surface area contributed by atoms with Crippen molar-refractivity contribution in [1.82, 2.24) is 0 Å². The molecule has 168 valence electrons. The molecule has 0 saturated heterocycles. The number of hydrogen-bond acceptors (Lipinski definition) is 3. The maximum atomic E-state index is 13.8. The van der Waals surface area contributed by atoms with E-state index in [-0.39, 0.29) is 5.92 Å². The molecule has 0 saturated carbocycles. The largest absolute Gasteiger partial charge is 0.478 e. The standard InChI is InChI=1S/C27H24ClFN2O2/c1-16(2)26(22-10-9-21(29)14-23(22)28)27(19-8-11-24(31)20(13-19)15-30)18-6-3-17(4-7-18)5-12-25(32)33/h3-16,30H,31H2,1-2H3,(H,32,33)/b12-5+,27-26+,30-15?. The van der Waals surface area contributed by atoms with Crippen molar-refractivity contribution < 1.29 is 14.3 Å². The normalized spacial score (nSPS) is 12.2. The number of carboxylic acid groups (broad SMARTS) is 1. The van der Waals surface area contributed by atoms with Gasteiger partial charge >= 0.3 is 5.97 Å². The Bertz CT molecular complexity index is 1260. The van der Waals surface area contributed by atoms with E-state index >= 15 is 0 Å². The van der Waals surface area contributed by atoms with Gasteiger partial charge < -0.3 is 16.2 Å². The van der Waals surface area contributed by atoms with E-state index in [1.807, 2.05) is 50.2 Å². The van der Waals surface area contributed by atoms with Crippen molar-refractivity contribution in [2.75, 3.05) is 5.73 Å². The number of rotatable bonds is 7. The van der Waals surface area contributed by atoms with Gasteiger partial charge in [0.25, 0.3) is 0 Å². The van der Waals surface area contributed by atoms with Crippen molar-refractivity contribution in [1.29, 1.82) is 5.41 Å². The Hall–Kier alpha value is -3.70. The molecule has 0 radical (unpaired) electrons. The molecular formula is C27H24ClFN2O2. The van der Waals surface area contributed by atoms with Gasteiger partial charge in [0, 0.05) is 23.5 Å². The van der Waals surface area contributed by atoms with Crippen LogP contribution in [0.1, 0.15) is 41.7 Å². The van der Waals surface area contributed by atoms with Crippen LogP contribution in [0.15, 0.2) is 66.7 Å². The molecule has 0 fully saturated rings. The maximum absolute atomic E-state index is 13.8. The summed E-state index contributed by atoms with van der Waals surface area (Å²) in [5.74, 6) is -1.41. The fourth-order valence-corrected chi connectivity index (χ4v) is 3.97. The molecule has 3 aromatic carbocycles. The van der Waals surface area contributed by atoms with Crippen LogP contribution in [0, 0.1) is 17.1 Å². The summed E-state index contributed by atoms with van der Waals surface area (Å²) < 4.78 is 13.8. The van der Waals surface area contributed by atoms with Crippen molar-refractivity contribution in [3.63, 3.8) is 0 Å². The number of carbonyl (C=O) groups is 1. The van der Waals surface area contributed by atoms with Crippen LogP contribution in [0.25, 0.3) is 17.2 Å². The highest BCUT2D eigenvalue weighted by Gasteiger charge is 2.20. The summed E-state index contributed by atoms with van der Waals surface area (Å²) in [6, 6.07) is 17.3. The van der Waals surface area contributed by atoms with E-state index in [0.29, 0.717) is 21.8 Å². The minimum Gasteiger partial charge on any atom is -0.478 e. The van der Waals surface area contributed by atoms with Gasteiger partial charge in [0.1, 0.15) is 5.82 Å². The molecule has 0 spiro atoms. The van der Waals surface area contributed by atoms with Crippen molar-refractivity contribution in [3.05, 3.63) is 105 Å². The van der Waals surface area contributed by atoms with Gasteiger partial charge in [0.15, 0.2) is 0 Å². The highest BCUT2D eigenvalue weighted by atomic mass is 35.5. The number of carboxylic acids is 1. The third kappa shape index (κ3) is 5.57. The maximum Gasteiger partial charge on any atom is 0.328 e. The molecule has 0 amide bonds. The molecule has 33 heavy (non-hydrogen) atoms. The fraction of sp³-hybridized carbons (Fsp3) is 0.111. The molecule has 0 unspecified atom stereocenters. The predicted molar refractivity (Wildman–Crippen MR) is 134 cm³/mol. The van der Waals surface area contributed by atoms with Gasteiger partial charge in [-0.1, -0.05) is 61.8 Å². The van der Waals surface area contributed by atoms with Gasteiger partial charge in [0.05, 0.1) is 5.02 Å². The highest BCUT2D eigenvalue weighted by Crippen LogP contribution is 2.40. The average molecular weight is 463 g/mol. The van der Waals surface area contributed by atoms with E-state index in [9.17, 15) is 9.18 Å². The molecule has 0 atom stereocenters. The molecule has 4 N–H and O–H groups in total. The Labute approximate surface area is 197 Å². The van der Waals surface area contributed by atoms with E-state index in [1.54, 1.807) is 12.1 Å². The average Bonchev–Trinajstić information content (AvgIpc) is 2.77. The van der Waals surface area contributed by atoms with Crippen LogP contribution in [0.2, 0.25) is 5.02 Å². The Kier molecular flexibility index (Phi) is 7.46. The van der Waals surface area contributed by atoms with Crippen LogP contribution < -0.4 is 5.73 Å².